The van der Waals surface area contributed by atoms with Gasteiger partial charge in [-0.3, -0.25) is 9.59 Å². The summed E-state index contributed by atoms with van der Waals surface area (Å²) in [4.78, 5) is 21.6. The number of carboxylic acids is 1. The molecule has 1 rings (SSSR count). The molecule has 0 heterocycles. The Hall–Kier alpha value is -2.44. The van der Waals surface area contributed by atoms with Crippen LogP contribution in [0.1, 0.15) is 90.2 Å². The average molecular weight is 439 g/mol. The third-order valence-corrected chi connectivity index (χ3v) is 5.82. The molecule has 0 aliphatic carbocycles. The molecule has 0 amide bonds. The number of ether oxygens (including phenoxy) is 1. The second-order valence-electron chi connectivity index (χ2n) is 9.52. The second kappa shape index (κ2) is 11.8. The van der Waals surface area contributed by atoms with Gasteiger partial charge in [0.05, 0.1) is 5.41 Å². The lowest BCUT2D eigenvalue weighted by atomic mass is 9.87. The van der Waals surface area contributed by atoms with Crippen LogP contribution in [0.25, 0.3) is 0 Å². The van der Waals surface area contributed by atoms with Gasteiger partial charge in [-0.1, -0.05) is 19.3 Å². The van der Waals surface area contributed by atoms with E-state index in [9.17, 15) is 24.9 Å². The van der Waals surface area contributed by atoms with E-state index in [1.54, 1.807) is 19.9 Å². The Bertz CT molecular complexity index is 738. The summed E-state index contributed by atoms with van der Waals surface area (Å²) in [6, 6.07) is 1.74. The highest BCUT2D eigenvalue weighted by molar-refractivity contribution is 5.73. The summed E-state index contributed by atoms with van der Waals surface area (Å²) in [6.45, 7) is 7.61. The second-order valence-corrected chi connectivity index (χ2v) is 9.52. The Morgan fingerprint density at radius 3 is 1.77 bits per heavy atom. The quantitative estimate of drug-likeness (QED) is 0.171. The Labute approximate surface area is 185 Å². The summed E-state index contributed by atoms with van der Waals surface area (Å²) in [5, 5.41) is 39.6. The number of hydrogen-bond donors (Lipinski definition) is 4. The third-order valence-electron chi connectivity index (χ3n) is 5.82. The Morgan fingerprint density at radius 1 is 0.839 bits per heavy atom. The smallest absolute Gasteiger partial charge is 0.309 e. The summed E-state index contributed by atoms with van der Waals surface area (Å²) >= 11 is 0. The van der Waals surface area contributed by atoms with Crippen molar-refractivity contribution in [3.63, 3.8) is 0 Å². The molecule has 1 aromatic rings. The highest BCUT2D eigenvalue weighted by Crippen LogP contribution is 2.41. The number of carbonyl (C=O) groups is 2. The van der Waals surface area contributed by atoms with Crippen LogP contribution in [0.4, 0.5) is 0 Å². The van der Waals surface area contributed by atoms with Crippen LogP contribution in [0.15, 0.2) is 6.07 Å². The zero-order valence-electron chi connectivity index (χ0n) is 19.2. The lowest BCUT2D eigenvalue weighted by molar-refractivity contribution is -0.147. The van der Waals surface area contributed by atoms with Gasteiger partial charge in [-0.15, -0.1) is 0 Å². The van der Waals surface area contributed by atoms with Gasteiger partial charge in [-0.2, -0.15) is 0 Å². The van der Waals surface area contributed by atoms with Gasteiger partial charge in [0.25, 0.3) is 6.47 Å². The van der Waals surface area contributed by atoms with Crippen LogP contribution in [-0.2, 0) is 27.2 Å². The number of phenols is 3. The third kappa shape index (κ3) is 8.67. The topological polar surface area (TPSA) is 124 Å². The van der Waals surface area contributed by atoms with Crippen molar-refractivity contribution in [1.29, 1.82) is 0 Å². The summed E-state index contributed by atoms with van der Waals surface area (Å²) in [5.74, 6) is -1.87. The minimum absolute atomic E-state index is 0.283. The highest BCUT2D eigenvalue weighted by atomic mass is 16.5. The van der Waals surface area contributed by atoms with E-state index < -0.39 is 22.7 Å². The first-order chi connectivity index (χ1) is 14.4. The Kier molecular flexibility index (Phi) is 10.1. The molecule has 0 aliphatic rings. The summed E-state index contributed by atoms with van der Waals surface area (Å²) in [6.07, 6.45) is 7.28. The molecule has 1 aromatic carbocycles. The van der Waals surface area contributed by atoms with Crippen LogP contribution in [0.5, 0.6) is 17.2 Å². The number of hydrogen-bond acceptors (Lipinski definition) is 6. The van der Waals surface area contributed by atoms with Gasteiger partial charge in [0.1, 0.15) is 5.60 Å². The minimum Gasteiger partial charge on any atom is -0.504 e. The molecule has 31 heavy (non-hydrogen) atoms. The largest absolute Gasteiger partial charge is 0.504 e. The number of aliphatic carboxylic acids is 1. The van der Waals surface area contributed by atoms with E-state index in [-0.39, 0.29) is 11.5 Å². The van der Waals surface area contributed by atoms with Crippen molar-refractivity contribution in [1.82, 2.24) is 0 Å². The maximum Gasteiger partial charge on any atom is 0.309 e. The maximum atomic E-state index is 11.2. The SMILES string of the molecule is CC(C)(CCCCCc1cc(CCCCCC(C)(C)C(=O)O)c(O)c(O)c1O)OC=O. The number of phenolic OH excluding ortho intramolecular Hbond substituents is 3. The van der Waals surface area contributed by atoms with Crippen LogP contribution in [0.2, 0.25) is 0 Å². The van der Waals surface area contributed by atoms with Gasteiger partial charge in [0, 0.05) is 0 Å². The fourth-order valence-electron chi connectivity index (χ4n) is 3.54. The number of carbonyl (C=O) groups excluding carboxylic acids is 1. The van der Waals surface area contributed by atoms with Crippen molar-refractivity contribution in [2.45, 2.75) is 97.5 Å². The molecule has 0 bridgehead atoms. The molecular weight excluding hydrogens is 400 g/mol. The van der Waals surface area contributed by atoms with E-state index in [1.165, 1.54) is 0 Å². The van der Waals surface area contributed by atoms with Crippen molar-refractivity contribution in [2.24, 2.45) is 5.41 Å². The maximum absolute atomic E-state index is 11.2. The number of rotatable bonds is 15. The standard InChI is InChI=1S/C24H38O7/c1-23(2,22(29)30)13-9-5-7-11-17-15-18(20(27)21(28)19(17)26)12-8-6-10-14-24(3,4)31-16-25/h15-16,26-28H,5-14H2,1-4H3,(H,29,30). The van der Waals surface area contributed by atoms with Crippen LogP contribution in [-0.4, -0.2) is 38.5 Å². The normalized spacial score (nSPS) is 12.0. The molecule has 0 radical (unpaired) electrons. The molecule has 0 saturated heterocycles. The van der Waals surface area contributed by atoms with Gasteiger partial charge in [-0.25, -0.2) is 0 Å². The number of carboxylic acid groups (broad SMARTS) is 1. The van der Waals surface area contributed by atoms with Crippen molar-refractivity contribution in [3.8, 4) is 17.2 Å². The molecule has 0 unspecified atom stereocenters. The molecule has 0 aromatic heterocycles. The van der Waals surface area contributed by atoms with Crippen molar-refractivity contribution >= 4 is 12.4 Å². The Morgan fingerprint density at radius 2 is 1.32 bits per heavy atom. The number of benzene rings is 1. The van der Waals surface area contributed by atoms with Crippen molar-refractivity contribution < 1.29 is 34.8 Å². The summed E-state index contributed by atoms with van der Waals surface area (Å²) < 4.78 is 5.03. The first-order valence-corrected chi connectivity index (χ1v) is 11.0. The number of unbranched alkanes of at least 4 members (excludes halogenated alkanes) is 4. The van der Waals surface area contributed by atoms with Crippen LogP contribution in [0.3, 0.4) is 0 Å². The number of aromatic hydroxyl groups is 3. The number of aryl methyl sites for hydroxylation is 2. The predicted molar refractivity (Wildman–Crippen MR) is 118 cm³/mol. The molecule has 0 fully saturated rings. The summed E-state index contributed by atoms with van der Waals surface area (Å²) in [5.41, 5.74) is -0.0575. The first-order valence-electron chi connectivity index (χ1n) is 11.0. The average Bonchev–Trinajstić information content (AvgIpc) is 2.68. The molecule has 0 spiro atoms. The van der Waals surface area contributed by atoms with Crippen molar-refractivity contribution in [2.75, 3.05) is 0 Å². The van der Waals surface area contributed by atoms with E-state index in [2.05, 4.69) is 0 Å². The first kappa shape index (κ1) is 26.6. The summed E-state index contributed by atoms with van der Waals surface area (Å²) in [7, 11) is 0. The molecule has 4 N–H and O–H groups in total. The highest BCUT2D eigenvalue weighted by Gasteiger charge is 2.26. The van der Waals surface area contributed by atoms with E-state index in [0.717, 1.165) is 44.9 Å². The molecule has 176 valence electrons. The van der Waals surface area contributed by atoms with E-state index in [1.807, 2.05) is 13.8 Å². The van der Waals surface area contributed by atoms with E-state index >= 15 is 0 Å². The molecule has 0 aliphatic heterocycles. The zero-order chi connectivity index (χ0) is 23.7. The lowest BCUT2D eigenvalue weighted by Gasteiger charge is -2.22. The fraction of sp³-hybridized carbons (Fsp3) is 0.667. The molecule has 7 heteroatoms. The Balaban J connectivity index is 2.56. The van der Waals surface area contributed by atoms with Gasteiger partial charge in [-0.05, 0) is 89.8 Å². The van der Waals surface area contributed by atoms with E-state index in [4.69, 9.17) is 9.84 Å². The fourth-order valence-corrected chi connectivity index (χ4v) is 3.54. The molecular formula is C24H38O7. The van der Waals surface area contributed by atoms with Crippen LogP contribution in [0, 0.1) is 5.41 Å². The van der Waals surface area contributed by atoms with Gasteiger partial charge in [0.15, 0.2) is 11.5 Å². The van der Waals surface area contributed by atoms with Crippen LogP contribution >= 0.6 is 0 Å². The molecule has 0 saturated carbocycles. The van der Waals surface area contributed by atoms with Crippen molar-refractivity contribution in [3.05, 3.63) is 17.2 Å². The lowest BCUT2D eigenvalue weighted by Crippen LogP contribution is -2.23. The van der Waals surface area contributed by atoms with E-state index in [0.29, 0.717) is 36.9 Å². The van der Waals surface area contributed by atoms with Gasteiger partial charge < -0.3 is 25.2 Å². The zero-order valence-corrected chi connectivity index (χ0v) is 19.2. The minimum atomic E-state index is -0.807. The van der Waals surface area contributed by atoms with Crippen LogP contribution < -0.4 is 0 Å². The van der Waals surface area contributed by atoms with Gasteiger partial charge >= 0.3 is 5.97 Å². The molecule has 7 nitrogen and oxygen atoms in total. The molecule has 0 atom stereocenters. The van der Waals surface area contributed by atoms with Gasteiger partial charge in [0.2, 0.25) is 5.75 Å². The predicted octanol–water partition coefficient (Wildman–Crippen LogP) is 5.07. The monoisotopic (exact) mass is 438 g/mol.